The largest absolute Gasteiger partial charge is 0.198 e. The number of nitriles is 1. The summed E-state index contributed by atoms with van der Waals surface area (Å²) in [5, 5.41) is 8.70. The third-order valence-corrected chi connectivity index (χ3v) is 2.32. The van der Waals surface area contributed by atoms with E-state index in [0.717, 1.165) is 0 Å². The molecule has 1 rings (SSSR count). The summed E-state index contributed by atoms with van der Waals surface area (Å²) in [5.41, 5.74) is 3.74. The Bertz CT molecular complexity index is 331. The second-order valence-electron chi connectivity index (χ2n) is 3.63. The Balaban J connectivity index is 3.19. The van der Waals surface area contributed by atoms with E-state index in [1.807, 2.05) is 0 Å². The SMILES string of the molecule is Cc1cccc(C(C)C)c1CC#N. The van der Waals surface area contributed by atoms with Gasteiger partial charge in [-0.2, -0.15) is 5.26 Å². The van der Waals surface area contributed by atoms with Crippen molar-refractivity contribution in [3.8, 4) is 6.07 Å². The first kappa shape index (κ1) is 9.80. The van der Waals surface area contributed by atoms with Crippen LogP contribution >= 0.6 is 0 Å². The van der Waals surface area contributed by atoms with Crippen LogP contribution in [-0.2, 0) is 6.42 Å². The number of rotatable bonds is 2. The molecule has 1 heteroatoms. The molecule has 0 N–H and O–H groups in total. The van der Waals surface area contributed by atoms with E-state index in [0.29, 0.717) is 12.3 Å². The standard InChI is InChI=1S/C12H15N/c1-9(2)11-6-4-5-10(3)12(11)7-8-13/h4-6,9H,7H2,1-3H3. The molecule has 0 spiro atoms. The summed E-state index contributed by atoms with van der Waals surface area (Å²) >= 11 is 0. The molecule has 0 bridgehead atoms. The molecule has 68 valence electrons. The number of hydrogen-bond acceptors (Lipinski definition) is 1. The van der Waals surface area contributed by atoms with Crippen LogP contribution in [0.15, 0.2) is 18.2 Å². The van der Waals surface area contributed by atoms with Crippen molar-refractivity contribution in [2.24, 2.45) is 0 Å². The first-order valence-corrected chi connectivity index (χ1v) is 4.62. The van der Waals surface area contributed by atoms with Crippen molar-refractivity contribution in [1.29, 1.82) is 5.26 Å². The van der Waals surface area contributed by atoms with Crippen LogP contribution in [0.5, 0.6) is 0 Å². The maximum atomic E-state index is 8.70. The van der Waals surface area contributed by atoms with Crippen LogP contribution in [-0.4, -0.2) is 0 Å². The van der Waals surface area contributed by atoms with Crippen molar-refractivity contribution in [1.82, 2.24) is 0 Å². The molecule has 13 heavy (non-hydrogen) atoms. The lowest BCUT2D eigenvalue weighted by Gasteiger charge is -2.12. The molecule has 0 fully saturated rings. The summed E-state index contributed by atoms with van der Waals surface area (Å²) in [4.78, 5) is 0. The second kappa shape index (κ2) is 4.09. The minimum Gasteiger partial charge on any atom is -0.198 e. The summed E-state index contributed by atoms with van der Waals surface area (Å²) < 4.78 is 0. The minimum atomic E-state index is 0.503. The molecular formula is C12H15N. The van der Waals surface area contributed by atoms with Gasteiger partial charge in [0.25, 0.3) is 0 Å². The monoisotopic (exact) mass is 173 g/mol. The van der Waals surface area contributed by atoms with E-state index < -0.39 is 0 Å². The zero-order valence-corrected chi connectivity index (χ0v) is 8.46. The summed E-state index contributed by atoms with van der Waals surface area (Å²) in [6.07, 6.45) is 0.528. The zero-order valence-electron chi connectivity index (χ0n) is 8.46. The van der Waals surface area contributed by atoms with Gasteiger partial charge in [0.05, 0.1) is 12.5 Å². The van der Waals surface area contributed by atoms with Gasteiger partial charge in [-0.15, -0.1) is 0 Å². The maximum Gasteiger partial charge on any atom is 0.0669 e. The van der Waals surface area contributed by atoms with Gasteiger partial charge >= 0.3 is 0 Å². The second-order valence-corrected chi connectivity index (χ2v) is 3.63. The molecule has 0 saturated heterocycles. The average Bonchev–Trinajstić information content (AvgIpc) is 2.08. The highest BCUT2D eigenvalue weighted by Gasteiger charge is 2.07. The number of hydrogen-bond donors (Lipinski definition) is 0. The molecule has 0 heterocycles. The van der Waals surface area contributed by atoms with Crippen molar-refractivity contribution < 1.29 is 0 Å². The molecule has 0 aliphatic rings. The van der Waals surface area contributed by atoms with Crippen molar-refractivity contribution in [3.63, 3.8) is 0 Å². The average molecular weight is 173 g/mol. The summed E-state index contributed by atoms with van der Waals surface area (Å²) in [6, 6.07) is 8.46. The predicted octanol–water partition coefficient (Wildman–Crippen LogP) is 3.18. The lowest BCUT2D eigenvalue weighted by molar-refractivity contribution is 0.848. The number of benzene rings is 1. The number of nitrogens with zero attached hydrogens (tertiary/aromatic N) is 1. The van der Waals surface area contributed by atoms with E-state index in [1.54, 1.807) is 0 Å². The summed E-state index contributed by atoms with van der Waals surface area (Å²) in [5.74, 6) is 0.503. The third-order valence-electron chi connectivity index (χ3n) is 2.32. The zero-order chi connectivity index (χ0) is 9.84. The Hall–Kier alpha value is -1.29. The molecule has 0 radical (unpaired) electrons. The van der Waals surface area contributed by atoms with Crippen LogP contribution in [0.3, 0.4) is 0 Å². The first-order chi connectivity index (χ1) is 6.16. The fourth-order valence-corrected chi connectivity index (χ4v) is 1.59. The molecule has 1 aromatic rings. The fourth-order valence-electron chi connectivity index (χ4n) is 1.59. The van der Waals surface area contributed by atoms with Crippen LogP contribution in [0.25, 0.3) is 0 Å². The third kappa shape index (κ3) is 2.09. The van der Waals surface area contributed by atoms with E-state index in [9.17, 15) is 0 Å². The fraction of sp³-hybridized carbons (Fsp3) is 0.417. The maximum absolute atomic E-state index is 8.70. The van der Waals surface area contributed by atoms with Crippen LogP contribution in [0.1, 0.15) is 36.5 Å². The molecule has 1 aromatic carbocycles. The van der Waals surface area contributed by atoms with E-state index >= 15 is 0 Å². The Morgan fingerprint density at radius 1 is 1.38 bits per heavy atom. The Labute approximate surface area is 80.0 Å². The highest BCUT2D eigenvalue weighted by molar-refractivity contribution is 5.38. The molecule has 0 aromatic heterocycles. The molecule has 0 amide bonds. The van der Waals surface area contributed by atoms with Crippen LogP contribution in [0.2, 0.25) is 0 Å². The van der Waals surface area contributed by atoms with Crippen molar-refractivity contribution in [3.05, 3.63) is 34.9 Å². The molecule has 0 unspecified atom stereocenters. The molecule has 0 aliphatic carbocycles. The summed E-state index contributed by atoms with van der Waals surface area (Å²) in [6.45, 7) is 6.39. The van der Waals surface area contributed by atoms with Crippen LogP contribution < -0.4 is 0 Å². The van der Waals surface area contributed by atoms with Gasteiger partial charge in [-0.3, -0.25) is 0 Å². The molecule has 0 atom stereocenters. The van der Waals surface area contributed by atoms with Crippen LogP contribution in [0.4, 0.5) is 0 Å². The van der Waals surface area contributed by atoms with Crippen molar-refractivity contribution in [2.45, 2.75) is 33.1 Å². The van der Waals surface area contributed by atoms with Crippen LogP contribution in [0, 0.1) is 18.3 Å². The lowest BCUT2D eigenvalue weighted by atomic mass is 9.92. The van der Waals surface area contributed by atoms with E-state index in [2.05, 4.69) is 45.0 Å². The highest BCUT2D eigenvalue weighted by Crippen LogP contribution is 2.22. The van der Waals surface area contributed by atoms with E-state index in [1.165, 1.54) is 16.7 Å². The van der Waals surface area contributed by atoms with Gasteiger partial charge in [0.2, 0.25) is 0 Å². The van der Waals surface area contributed by atoms with Gasteiger partial charge in [0, 0.05) is 0 Å². The highest BCUT2D eigenvalue weighted by atomic mass is 14.2. The first-order valence-electron chi connectivity index (χ1n) is 4.62. The summed E-state index contributed by atoms with van der Waals surface area (Å²) in [7, 11) is 0. The normalized spacial score (nSPS) is 10.1. The molecule has 0 saturated carbocycles. The number of aryl methyl sites for hydroxylation is 1. The molecular weight excluding hydrogens is 158 g/mol. The van der Waals surface area contributed by atoms with Gasteiger partial charge in [-0.25, -0.2) is 0 Å². The minimum absolute atomic E-state index is 0.503. The van der Waals surface area contributed by atoms with E-state index in [-0.39, 0.29) is 0 Å². The topological polar surface area (TPSA) is 23.8 Å². The van der Waals surface area contributed by atoms with Gasteiger partial charge in [0.1, 0.15) is 0 Å². The van der Waals surface area contributed by atoms with Gasteiger partial charge in [0.15, 0.2) is 0 Å². The predicted molar refractivity (Wildman–Crippen MR) is 54.6 cm³/mol. The van der Waals surface area contributed by atoms with Gasteiger partial charge in [-0.05, 0) is 29.5 Å². The van der Waals surface area contributed by atoms with Crippen molar-refractivity contribution >= 4 is 0 Å². The quantitative estimate of drug-likeness (QED) is 0.673. The van der Waals surface area contributed by atoms with E-state index in [4.69, 9.17) is 5.26 Å². The van der Waals surface area contributed by atoms with Gasteiger partial charge < -0.3 is 0 Å². The Kier molecular flexibility index (Phi) is 3.08. The van der Waals surface area contributed by atoms with Crippen molar-refractivity contribution in [2.75, 3.05) is 0 Å². The smallest absolute Gasteiger partial charge is 0.0669 e. The Morgan fingerprint density at radius 2 is 2.08 bits per heavy atom. The Morgan fingerprint density at radius 3 is 2.62 bits per heavy atom. The molecule has 1 nitrogen and oxygen atoms in total. The van der Waals surface area contributed by atoms with Gasteiger partial charge in [-0.1, -0.05) is 32.0 Å². The molecule has 0 aliphatic heterocycles. The lowest BCUT2D eigenvalue weighted by Crippen LogP contribution is -1.98.